The Balaban J connectivity index is 3.44. The summed E-state index contributed by atoms with van der Waals surface area (Å²) in [7, 11) is -2.77. The van der Waals surface area contributed by atoms with Crippen LogP contribution in [-0.2, 0) is 28.0 Å². The van der Waals surface area contributed by atoms with E-state index in [1.165, 1.54) is 13.8 Å². The van der Waals surface area contributed by atoms with Crippen LogP contribution in [0, 0.1) is 0 Å². The van der Waals surface area contributed by atoms with Crippen molar-refractivity contribution in [1.29, 1.82) is 0 Å². The van der Waals surface area contributed by atoms with Crippen LogP contribution in [0.4, 0.5) is 0 Å². The lowest BCUT2D eigenvalue weighted by Crippen LogP contribution is -2.58. The van der Waals surface area contributed by atoms with E-state index in [-0.39, 0.29) is 34.9 Å². The summed E-state index contributed by atoms with van der Waals surface area (Å²) in [6, 6.07) is -0.456. The lowest BCUT2D eigenvalue weighted by molar-refractivity contribution is -0.164. The van der Waals surface area contributed by atoms with Gasteiger partial charge in [-0.05, 0) is 36.3 Å². The van der Waals surface area contributed by atoms with Gasteiger partial charge in [0.05, 0.1) is 12.6 Å². The monoisotopic (exact) mass is 502 g/mol. The summed E-state index contributed by atoms with van der Waals surface area (Å²) in [4.78, 5) is 36.9. The second-order valence-corrected chi connectivity index (χ2v) is 21.7. The summed E-state index contributed by atoms with van der Waals surface area (Å²) in [5.74, 6) is -1.07. The van der Waals surface area contributed by atoms with Crippen LogP contribution in [0.1, 0.15) is 61.8 Å². The van der Waals surface area contributed by atoms with Crippen molar-refractivity contribution in [3.63, 3.8) is 0 Å². The Morgan fingerprint density at radius 1 is 1.00 bits per heavy atom. The van der Waals surface area contributed by atoms with Gasteiger partial charge in [0.1, 0.15) is 6.10 Å². The quantitative estimate of drug-likeness (QED) is 0.361. The molecule has 0 aromatic heterocycles. The molecule has 1 rings (SSSR count). The van der Waals surface area contributed by atoms with Gasteiger partial charge in [-0.15, -0.1) is 0 Å². The Kier molecular flexibility index (Phi) is 9.32. The highest BCUT2D eigenvalue weighted by atomic mass is 28.4. The van der Waals surface area contributed by atoms with E-state index in [1.807, 2.05) is 0 Å². The highest BCUT2D eigenvalue weighted by Crippen LogP contribution is 2.40. The van der Waals surface area contributed by atoms with E-state index >= 15 is 0 Å². The average molecular weight is 503 g/mol. The number of ether oxygens (including phenoxy) is 1. The molecule has 0 bridgehead atoms. The van der Waals surface area contributed by atoms with Crippen molar-refractivity contribution in [3.8, 4) is 0 Å². The Morgan fingerprint density at radius 3 is 1.85 bits per heavy atom. The van der Waals surface area contributed by atoms with Crippen molar-refractivity contribution in [1.82, 2.24) is 10.0 Å². The number of hydrazine groups is 1. The van der Waals surface area contributed by atoms with Crippen LogP contribution < -0.4 is 0 Å². The summed E-state index contributed by atoms with van der Waals surface area (Å²) < 4.78 is 19.0. The van der Waals surface area contributed by atoms with Gasteiger partial charge in [0, 0.05) is 27.3 Å². The molecule has 0 saturated carbocycles. The Labute approximate surface area is 202 Å². The third kappa shape index (κ3) is 7.20. The number of likely N-dealkylation sites (N-methyl/N-ethyl adjacent to an activating group) is 1. The first-order valence-corrected chi connectivity index (χ1v) is 17.5. The van der Waals surface area contributed by atoms with Gasteiger partial charge in [-0.3, -0.25) is 14.4 Å². The van der Waals surface area contributed by atoms with Crippen LogP contribution >= 0.6 is 0 Å². The van der Waals surface area contributed by atoms with Crippen molar-refractivity contribution >= 4 is 34.4 Å². The molecule has 33 heavy (non-hydrogen) atoms. The minimum atomic E-state index is -2.34. The standard InChI is InChI=1S/C23H46N2O6Si2/c1-16(26)25-20(28)14-18(24(25)9)21(31-33(12,13)23(6,7)8)19(30-17(2)27)15-29-32(10,11)22(3,4)5/h18-19,21H,14-15H2,1-13H3/t18-,19+,21-/m0/s1. The number of nitrogens with zero attached hydrogens (tertiary/aromatic N) is 2. The maximum Gasteiger partial charge on any atom is 0.303 e. The van der Waals surface area contributed by atoms with Crippen molar-refractivity contribution in [3.05, 3.63) is 0 Å². The molecule has 192 valence electrons. The number of rotatable bonds is 8. The fourth-order valence-corrected chi connectivity index (χ4v) is 5.64. The molecule has 8 nitrogen and oxygen atoms in total. The number of imide groups is 1. The third-order valence-corrected chi connectivity index (χ3v) is 16.4. The zero-order valence-corrected chi connectivity index (χ0v) is 25.0. The van der Waals surface area contributed by atoms with Gasteiger partial charge >= 0.3 is 5.97 Å². The fraction of sp³-hybridized carbons (Fsp3) is 0.870. The Morgan fingerprint density at radius 2 is 1.48 bits per heavy atom. The maximum absolute atomic E-state index is 12.7. The molecule has 2 amide bonds. The average Bonchev–Trinajstić information content (AvgIpc) is 2.88. The highest BCUT2D eigenvalue weighted by Gasteiger charge is 2.50. The summed E-state index contributed by atoms with van der Waals surface area (Å²) in [6.07, 6.45) is -1.23. The molecular formula is C23H46N2O6Si2. The topological polar surface area (TPSA) is 85.4 Å². The Bertz CT molecular complexity index is 742. The maximum atomic E-state index is 12.7. The molecular weight excluding hydrogens is 456 g/mol. The zero-order valence-electron chi connectivity index (χ0n) is 23.0. The van der Waals surface area contributed by atoms with Gasteiger partial charge < -0.3 is 13.6 Å². The summed E-state index contributed by atoms with van der Waals surface area (Å²) in [6.45, 7) is 24.3. The minimum Gasteiger partial charge on any atom is -0.457 e. The van der Waals surface area contributed by atoms with Crippen LogP contribution in [0.15, 0.2) is 0 Å². The molecule has 0 spiro atoms. The normalized spacial score (nSPS) is 20.7. The van der Waals surface area contributed by atoms with E-state index in [1.54, 1.807) is 12.1 Å². The van der Waals surface area contributed by atoms with E-state index < -0.39 is 40.9 Å². The zero-order chi connectivity index (χ0) is 26.2. The molecule has 0 N–H and O–H groups in total. The van der Waals surface area contributed by atoms with Crippen molar-refractivity contribution in [2.75, 3.05) is 13.7 Å². The number of carbonyl (C=O) groups excluding carboxylic acids is 3. The molecule has 10 heteroatoms. The van der Waals surface area contributed by atoms with Gasteiger partial charge in [0.15, 0.2) is 22.7 Å². The van der Waals surface area contributed by atoms with Gasteiger partial charge in [0.25, 0.3) is 0 Å². The second kappa shape index (κ2) is 10.3. The van der Waals surface area contributed by atoms with Crippen molar-refractivity contribution in [2.24, 2.45) is 0 Å². The molecule has 0 radical (unpaired) electrons. The molecule has 1 heterocycles. The summed E-state index contributed by atoms with van der Waals surface area (Å²) in [5.41, 5.74) is 0. The molecule has 0 aromatic rings. The first-order chi connectivity index (χ1) is 14.6. The lowest BCUT2D eigenvalue weighted by atomic mass is 10.0. The van der Waals surface area contributed by atoms with Crippen molar-refractivity contribution in [2.45, 2.75) is 116 Å². The second-order valence-electron chi connectivity index (χ2n) is 12.1. The first-order valence-electron chi connectivity index (χ1n) is 11.7. The van der Waals surface area contributed by atoms with E-state index in [4.69, 9.17) is 13.6 Å². The molecule has 3 atom stereocenters. The molecule has 1 saturated heterocycles. The van der Waals surface area contributed by atoms with E-state index in [0.29, 0.717) is 0 Å². The number of esters is 1. The number of hydrogen-bond acceptors (Lipinski definition) is 7. The molecule has 1 aliphatic rings. The smallest absolute Gasteiger partial charge is 0.303 e. The van der Waals surface area contributed by atoms with Crippen LogP contribution in [0.3, 0.4) is 0 Å². The highest BCUT2D eigenvalue weighted by molar-refractivity contribution is 6.74. The van der Waals surface area contributed by atoms with Gasteiger partial charge in [-0.1, -0.05) is 41.5 Å². The van der Waals surface area contributed by atoms with Crippen molar-refractivity contribution < 1.29 is 28.0 Å². The number of hydrogen-bond donors (Lipinski definition) is 0. The van der Waals surface area contributed by atoms with Gasteiger partial charge in [-0.25, -0.2) is 10.0 Å². The van der Waals surface area contributed by atoms with Crippen LogP contribution in [0.5, 0.6) is 0 Å². The largest absolute Gasteiger partial charge is 0.457 e. The Hall–Kier alpha value is -1.08. The minimum absolute atomic E-state index is 0.0187. The third-order valence-electron chi connectivity index (χ3n) is 7.43. The van der Waals surface area contributed by atoms with Gasteiger partial charge in [0.2, 0.25) is 11.8 Å². The van der Waals surface area contributed by atoms with Crippen LogP contribution in [-0.4, -0.2) is 76.3 Å². The van der Waals surface area contributed by atoms with E-state index in [0.717, 1.165) is 5.01 Å². The van der Waals surface area contributed by atoms with E-state index in [2.05, 4.69) is 67.7 Å². The lowest BCUT2D eigenvalue weighted by Gasteiger charge is -2.45. The number of carbonyl (C=O) groups is 3. The summed E-state index contributed by atoms with van der Waals surface area (Å²) in [5, 5.41) is 2.65. The van der Waals surface area contributed by atoms with E-state index in [9.17, 15) is 14.4 Å². The SMILES string of the molecule is CC(=O)O[C@H](CO[Si](C)(C)C(C)(C)C)[C@@H](O[Si](C)(C)C(C)(C)C)[C@@H]1CC(=O)N(C(C)=O)N1C. The molecule has 0 aromatic carbocycles. The number of amides is 2. The molecule has 1 fully saturated rings. The fourth-order valence-electron chi connectivity index (χ4n) is 3.28. The predicted molar refractivity (Wildman–Crippen MR) is 134 cm³/mol. The molecule has 0 aliphatic carbocycles. The molecule has 0 unspecified atom stereocenters. The summed E-state index contributed by atoms with van der Waals surface area (Å²) >= 11 is 0. The molecule has 1 aliphatic heterocycles. The van der Waals surface area contributed by atoms with Crippen LogP contribution in [0.2, 0.25) is 36.3 Å². The predicted octanol–water partition coefficient (Wildman–Crippen LogP) is 4.32. The van der Waals surface area contributed by atoms with Crippen LogP contribution in [0.25, 0.3) is 0 Å². The van der Waals surface area contributed by atoms with Gasteiger partial charge in [-0.2, -0.15) is 0 Å². The first kappa shape index (κ1) is 30.0.